The van der Waals surface area contributed by atoms with Crippen LogP contribution in [0.3, 0.4) is 0 Å². The zero-order valence-corrected chi connectivity index (χ0v) is 20.2. The summed E-state index contributed by atoms with van der Waals surface area (Å²) in [5.41, 5.74) is 2.25. The molecule has 4 fully saturated rings. The van der Waals surface area contributed by atoms with Crippen LogP contribution in [0.25, 0.3) is 0 Å². The van der Waals surface area contributed by atoms with Gasteiger partial charge in [-0.1, -0.05) is 6.92 Å². The summed E-state index contributed by atoms with van der Waals surface area (Å²) in [5, 5.41) is 6.24. The Morgan fingerprint density at radius 2 is 2.00 bits per heavy atom. The summed E-state index contributed by atoms with van der Waals surface area (Å²) < 4.78 is 11.7. The molecule has 0 radical (unpaired) electrons. The van der Waals surface area contributed by atoms with Crippen LogP contribution in [0.5, 0.6) is 6.01 Å². The first-order valence-electron chi connectivity index (χ1n) is 12.6. The van der Waals surface area contributed by atoms with E-state index in [-0.39, 0.29) is 17.7 Å². The van der Waals surface area contributed by atoms with Gasteiger partial charge >= 0.3 is 12.1 Å². The summed E-state index contributed by atoms with van der Waals surface area (Å²) in [6.45, 7) is 8.30. The number of ether oxygens (including phenoxy) is 2. The number of piperazine rings is 1. The zero-order valence-electron chi connectivity index (χ0n) is 20.2. The fraction of sp³-hybridized carbons (Fsp3) is 0.792. The van der Waals surface area contributed by atoms with E-state index in [1.807, 2.05) is 0 Å². The quantitative estimate of drug-likeness (QED) is 0.641. The van der Waals surface area contributed by atoms with Crippen molar-refractivity contribution >= 4 is 11.9 Å². The van der Waals surface area contributed by atoms with Crippen molar-refractivity contribution in [1.82, 2.24) is 25.5 Å². The maximum Gasteiger partial charge on any atom is 0.406 e. The van der Waals surface area contributed by atoms with Gasteiger partial charge in [0.2, 0.25) is 0 Å². The molecule has 5 heterocycles. The summed E-state index contributed by atoms with van der Waals surface area (Å²) in [4.78, 5) is 26.2. The second kappa shape index (κ2) is 9.25. The highest BCUT2D eigenvalue weighted by atomic mass is 16.5. The van der Waals surface area contributed by atoms with E-state index in [1.54, 1.807) is 7.05 Å². The highest BCUT2D eigenvalue weighted by Crippen LogP contribution is 2.43. The van der Waals surface area contributed by atoms with Crippen molar-refractivity contribution in [2.45, 2.75) is 82.5 Å². The van der Waals surface area contributed by atoms with Crippen LogP contribution >= 0.6 is 0 Å². The molecule has 0 saturated carbocycles. The smallest absolute Gasteiger partial charge is 0.406 e. The van der Waals surface area contributed by atoms with Crippen molar-refractivity contribution in [3.05, 3.63) is 11.3 Å². The normalized spacial score (nSPS) is 31.0. The van der Waals surface area contributed by atoms with E-state index < -0.39 is 0 Å². The number of rotatable bonds is 7. The van der Waals surface area contributed by atoms with Gasteiger partial charge in [0, 0.05) is 49.5 Å². The van der Waals surface area contributed by atoms with Gasteiger partial charge in [0.05, 0.1) is 5.54 Å². The van der Waals surface area contributed by atoms with Crippen molar-refractivity contribution in [2.24, 2.45) is 0 Å². The number of fused-ring (bicyclic) bond motifs is 3. The minimum absolute atomic E-state index is 0.00821. The van der Waals surface area contributed by atoms with Gasteiger partial charge in [0.1, 0.15) is 19.0 Å². The standard InChI is InChI=1S/C24H38N6O3/c1-4-20-16(2)26-22(28-21(20)29-12-17-6-7-18(13-29)27-17)33-15-24-9-5-11-30(24)19(8-10-24)14-32-23(31)25-3/h17-19,27H,4-15H2,1-3H3,(H,25,31). The molecule has 4 saturated heterocycles. The first kappa shape index (κ1) is 22.7. The monoisotopic (exact) mass is 458 g/mol. The minimum Gasteiger partial charge on any atom is -0.461 e. The second-order valence-corrected chi connectivity index (χ2v) is 10.1. The Hall–Kier alpha value is -2.13. The molecule has 182 valence electrons. The van der Waals surface area contributed by atoms with E-state index >= 15 is 0 Å². The molecule has 5 rings (SSSR count). The van der Waals surface area contributed by atoms with E-state index in [1.165, 1.54) is 18.4 Å². The maximum absolute atomic E-state index is 11.5. The Morgan fingerprint density at radius 3 is 2.73 bits per heavy atom. The third-order valence-electron chi connectivity index (χ3n) is 8.16. The fourth-order valence-corrected chi connectivity index (χ4v) is 6.50. The number of carbonyl (C=O) groups is 1. The zero-order chi connectivity index (χ0) is 23.0. The van der Waals surface area contributed by atoms with Crippen LogP contribution in [0.2, 0.25) is 0 Å². The van der Waals surface area contributed by atoms with Gasteiger partial charge in [-0.2, -0.15) is 4.98 Å². The lowest BCUT2D eigenvalue weighted by Crippen LogP contribution is -2.51. The number of amides is 1. The molecule has 2 N–H and O–H groups in total. The van der Waals surface area contributed by atoms with Gasteiger partial charge in [0.15, 0.2) is 0 Å². The van der Waals surface area contributed by atoms with Crippen LogP contribution in [-0.2, 0) is 11.2 Å². The molecule has 1 aromatic rings. The van der Waals surface area contributed by atoms with Gasteiger partial charge in [-0.05, 0) is 58.4 Å². The molecule has 1 amide bonds. The number of nitrogens with zero attached hydrogens (tertiary/aromatic N) is 4. The van der Waals surface area contributed by atoms with Crippen LogP contribution in [0.1, 0.15) is 56.7 Å². The van der Waals surface area contributed by atoms with Gasteiger partial charge in [-0.3, -0.25) is 4.90 Å². The molecular formula is C24H38N6O3. The lowest BCUT2D eigenvalue weighted by atomic mass is 9.95. The molecule has 4 unspecified atom stereocenters. The predicted octanol–water partition coefficient (Wildman–Crippen LogP) is 2.02. The molecule has 4 aliphatic heterocycles. The largest absolute Gasteiger partial charge is 0.461 e. The lowest BCUT2D eigenvalue weighted by Gasteiger charge is -2.36. The molecule has 1 aromatic heterocycles. The number of hydrogen-bond donors (Lipinski definition) is 2. The average molecular weight is 459 g/mol. The Labute approximate surface area is 196 Å². The van der Waals surface area contributed by atoms with E-state index in [9.17, 15) is 4.79 Å². The molecule has 0 spiro atoms. The van der Waals surface area contributed by atoms with Crippen molar-refractivity contribution in [1.29, 1.82) is 0 Å². The molecule has 0 aromatic carbocycles. The Kier molecular flexibility index (Phi) is 6.35. The maximum atomic E-state index is 11.5. The van der Waals surface area contributed by atoms with E-state index in [2.05, 4.69) is 34.3 Å². The Morgan fingerprint density at radius 1 is 1.21 bits per heavy atom. The average Bonchev–Trinajstić information content (AvgIpc) is 3.49. The number of nitrogens with one attached hydrogen (secondary N) is 2. The molecule has 33 heavy (non-hydrogen) atoms. The number of aromatic nitrogens is 2. The first-order valence-corrected chi connectivity index (χ1v) is 12.6. The van der Waals surface area contributed by atoms with Gasteiger partial charge in [-0.25, -0.2) is 9.78 Å². The summed E-state index contributed by atoms with van der Waals surface area (Å²) in [6, 6.07) is 1.88. The molecule has 9 heteroatoms. The Balaban J connectivity index is 1.29. The number of hydrogen-bond acceptors (Lipinski definition) is 8. The molecule has 4 aliphatic rings. The molecule has 4 atom stereocenters. The van der Waals surface area contributed by atoms with Crippen molar-refractivity contribution in [3.8, 4) is 6.01 Å². The predicted molar refractivity (Wildman–Crippen MR) is 126 cm³/mol. The third-order valence-corrected chi connectivity index (χ3v) is 8.16. The second-order valence-electron chi connectivity index (χ2n) is 10.1. The van der Waals surface area contributed by atoms with Crippen LogP contribution in [-0.4, -0.2) is 84.5 Å². The lowest BCUT2D eigenvalue weighted by molar-refractivity contribution is 0.0554. The van der Waals surface area contributed by atoms with E-state index in [0.717, 1.165) is 63.3 Å². The minimum atomic E-state index is -0.364. The summed E-state index contributed by atoms with van der Waals surface area (Å²) >= 11 is 0. The molecule has 2 bridgehead atoms. The van der Waals surface area contributed by atoms with Crippen molar-refractivity contribution in [2.75, 3.05) is 44.8 Å². The fourth-order valence-electron chi connectivity index (χ4n) is 6.50. The first-order chi connectivity index (χ1) is 16.0. The highest BCUT2D eigenvalue weighted by Gasteiger charge is 2.50. The van der Waals surface area contributed by atoms with Gasteiger partial charge in [0.25, 0.3) is 0 Å². The molecule has 9 nitrogen and oxygen atoms in total. The molecule has 0 aliphatic carbocycles. The van der Waals surface area contributed by atoms with E-state index in [4.69, 9.17) is 19.4 Å². The number of carbonyl (C=O) groups excluding carboxylic acids is 1. The summed E-state index contributed by atoms with van der Waals surface area (Å²) in [5.74, 6) is 1.06. The Bertz CT molecular complexity index is 870. The van der Waals surface area contributed by atoms with Crippen LogP contribution in [0.15, 0.2) is 0 Å². The van der Waals surface area contributed by atoms with Crippen LogP contribution in [0, 0.1) is 6.92 Å². The van der Waals surface area contributed by atoms with Gasteiger partial charge < -0.3 is 25.0 Å². The number of alkyl carbamates (subject to hydrolysis) is 1. The number of aryl methyl sites for hydroxylation is 1. The van der Waals surface area contributed by atoms with E-state index in [0.29, 0.717) is 31.3 Å². The van der Waals surface area contributed by atoms with Crippen LogP contribution in [0.4, 0.5) is 10.6 Å². The SMILES string of the molecule is CCc1c(C)nc(OCC23CCCN2C(COC(=O)NC)CC3)nc1N1CC2CCC(C1)N2. The topological polar surface area (TPSA) is 91.9 Å². The van der Waals surface area contributed by atoms with Gasteiger partial charge in [-0.15, -0.1) is 0 Å². The number of anilines is 1. The third kappa shape index (κ3) is 4.37. The van der Waals surface area contributed by atoms with Crippen molar-refractivity contribution in [3.63, 3.8) is 0 Å². The van der Waals surface area contributed by atoms with Crippen molar-refractivity contribution < 1.29 is 14.3 Å². The summed E-state index contributed by atoms with van der Waals surface area (Å²) in [7, 11) is 1.59. The summed E-state index contributed by atoms with van der Waals surface area (Å²) in [6.07, 6.45) is 7.37. The highest BCUT2D eigenvalue weighted by molar-refractivity contribution is 5.66. The molecular weight excluding hydrogens is 420 g/mol. The van der Waals surface area contributed by atoms with Crippen LogP contribution < -0.4 is 20.3 Å².